The predicted octanol–water partition coefficient (Wildman–Crippen LogP) is 0.563. The molecule has 1 heterocycles. The van der Waals surface area contributed by atoms with Crippen molar-refractivity contribution in [2.45, 2.75) is 45.5 Å². The van der Waals surface area contributed by atoms with E-state index in [1.807, 2.05) is 0 Å². The zero-order valence-electron chi connectivity index (χ0n) is 15.7. The highest BCUT2D eigenvalue weighted by Gasteiger charge is 2.37. The number of Topliss-reactive ketones (excluding diaryl/α,β-unsaturated/α-hetero) is 1. The first-order chi connectivity index (χ1) is 13.3. The van der Waals surface area contributed by atoms with Crippen LogP contribution in [0.2, 0.25) is 0 Å². The van der Waals surface area contributed by atoms with Gasteiger partial charge in [0.25, 0.3) is 0 Å². The Labute approximate surface area is 162 Å². The van der Waals surface area contributed by atoms with Crippen LogP contribution < -0.4 is 9.97 Å². The predicted molar refractivity (Wildman–Crippen MR) is 97.3 cm³/mol. The minimum atomic E-state index is -1.35. The minimum absolute atomic E-state index is 0.0101. The zero-order chi connectivity index (χ0) is 20.7. The molecule has 9 nitrogen and oxygen atoms in total. The van der Waals surface area contributed by atoms with Crippen molar-refractivity contribution in [1.29, 1.82) is 0 Å². The van der Waals surface area contributed by atoms with E-state index in [9.17, 15) is 24.2 Å². The third-order valence-electron chi connectivity index (χ3n) is 4.07. The van der Waals surface area contributed by atoms with Crippen molar-refractivity contribution in [1.82, 2.24) is 5.32 Å². The van der Waals surface area contributed by atoms with Gasteiger partial charge in [-0.1, -0.05) is 12.1 Å². The van der Waals surface area contributed by atoms with Crippen LogP contribution in [-0.2, 0) is 30.3 Å². The number of carbonyl (C=O) groups is 4. The van der Waals surface area contributed by atoms with Gasteiger partial charge in [0.1, 0.15) is 17.1 Å². The summed E-state index contributed by atoms with van der Waals surface area (Å²) in [5.74, 6) is -2.17. The fraction of sp³-hybridized carbons (Fsp3) is 0.444. The topological polar surface area (TPSA) is 128 Å². The molecule has 150 valence electrons. The summed E-state index contributed by atoms with van der Waals surface area (Å²) in [5.41, 5.74) is 0.691. The summed E-state index contributed by atoms with van der Waals surface area (Å²) in [4.78, 5) is 45.8. The quantitative estimate of drug-likeness (QED) is 0.374. The number of rotatable bonds is 8. The van der Waals surface area contributed by atoms with Crippen LogP contribution in [0.3, 0.4) is 0 Å². The van der Waals surface area contributed by atoms with Gasteiger partial charge in [0.05, 0.1) is 5.94 Å². The Kier molecular flexibility index (Phi) is 7.56. The molecule has 0 aromatic heterocycles. The summed E-state index contributed by atoms with van der Waals surface area (Å²) in [6.07, 6.45) is 1.16. The number of para-hydroxylation sites is 1. The first-order valence-electron chi connectivity index (χ1n) is 8.84. The number of fused-ring (bicyclic) bond motifs is 1. The molecule has 0 bridgehead atoms. The number of nitrogens with one attached hydrogen (secondary N) is 1. The van der Waals surface area contributed by atoms with Gasteiger partial charge in [0.2, 0.25) is 12.7 Å². The molecule has 1 amide bonds. The van der Waals surface area contributed by atoms with Gasteiger partial charge in [-0.15, -0.1) is 0 Å². The van der Waals surface area contributed by atoms with Crippen molar-refractivity contribution in [3.8, 4) is 5.75 Å². The Morgan fingerprint density at radius 1 is 1.21 bits per heavy atom. The summed E-state index contributed by atoms with van der Waals surface area (Å²) < 4.78 is 14.9. The van der Waals surface area contributed by atoms with Crippen molar-refractivity contribution in [3.05, 3.63) is 29.3 Å². The van der Waals surface area contributed by atoms with Crippen molar-refractivity contribution >= 4 is 30.7 Å². The fourth-order valence-electron chi connectivity index (χ4n) is 2.73. The Bertz CT molecular complexity index is 766. The monoisotopic (exact) mass is 391 g/mol. The highest BCUT2D eigenvalue weighted by molar-refractivity contribution is 6.47. The van der Waals surface area contributed by atoms with Gasteiger partial charge in [-0.25, -0.2) is 4.79 Å². The van der Waals surface area contributed by atoms with E-state index < -0.39 is 31.8 Å². The van der Waals surface area contributed by atoms with Gasteiger partial charge in [-0.2, -0.15) is 0 Å². The van der Waals surface area contributed by atoms with Crippen LogP contribution in [0.1, 0.15) is 49.0 Å². The summed E-state index contributed by atoms with van der Waals surface area (Å²) in [6.45, 7) is 2.12. The zero-order valence-corrected chi connectivity index (χ0v) is 15.7. The lowest BCUT2D eigenvalue weighted by atomic mass is 9.72. The molecule has 28 heavy (non-hydrogen) atoms. The molecule has 0 saturated heterocycles. The SMILES string of the molecule is CC(=O)CCCC(=O)N[C@H]1Cc2cccc(C(=O)OCOC(C)=O)c2OB1O. The molecule has 1 aromatic rings. The minimum Gasteiger partial charge on any atom is -0.534 e. The maximum atomic E-state index is 12.2. The van der Waals surface area contributed by atoms with E-state index in [1.54, 1.807) is 12.1 Å². The molecule has 0 aliphatic carbocycles. The molecule has 0 saturated carbocycles. The van der Waals surface area contributed by atoms with E-state index in [1.165, 1.54) is 19.9 Å². The molecule has 1 aliphatic heterocycles. The van der Waals surface area contributed by atoms with Crippen LogP contribution in [0.25, 0.3) is 0 Å². The van der Waals surface area contributed by atoms with Crippen LogP contribution >= 0.6 is 0 Å². The number of ether oxygens (including phenoxy) is 2. The van der Waals surface area contributed by atoms with E-state index in [0.717, 1.165) is 0 Å². The van der Waals surface area contributed by atoms with Crippen LogP contribution in [0.5, 0.6) is 5.75 Å². The van der Waals surface area contributed by atoms with E-state index in [-0.39, 0.29) is 35.8 Å². The Morgan fingerprint density at radius 3 is 2.64 bits per heavy atom. The third kappa shape index (κ3) is 6.09. The van der Waals surface area contributed by atoms with Gasteiger partial charge in [-0.3, -0.25) is 9.59 Å². The van der Waals surface area contributed by atoms with E-state index in [0.29, 0.717) is 18.4 Å². The lowest BCUT2D eigenvalue weighted by Crippen LogP contribution is -2.53. The lowest BCUT2D eigenvalue weighted by Gasteiger charge is -2.29. The molecule has 1 aromatic carbocycles. The number of esters is 2. The Hall–Kier alpha value is -2.88. The molecule has 1 aliphatic rings. The van der Waals surface area contributed by atoms with Crippen LogP contribution in [0.4, 0.5) is 0 Å². The van der Waals surface area contributed by atoms with Gasteiger partial charge in [-0.05, 0) is 31.4 Å². The number of ketones is 1. The molecule has 10 heteroatoms. The average Bonchev–Trinajstić information content (AvgIpc) is 2.61. The molecular formula is C18H22BNO8. The Morgan fingerprint density at radius 2 is 1.96 bits per heavy atom. The van der Waals surface area contributed by atoms with E-state index in [4.69, 9.17) is 9.39 Å². The second-order valence-electron chi connectivity index (χ2n) is 6.42. The summed E-state index contributed by atoms with van der Waals surface area (Å²) >= 11 is 0. The number of carbonyl (C=O) groups excluding carboxylic acids is 4. The van der Waals surface area contributed by atoms with E-state index >= 15 is 0 Å². The van der Waals surface area contributed by atoms with Gasteiger partial charge >= 0.3 is 19.1 Å². The average molecular weight is 391 g/mol. The molecule has 0 radical (unpaired) electrons. The fourth-order valence-corrected chi connectivity index (χ4v) is 2.73. The van der Waals surface area contributed by atoms with Crippen LogP contribution in [-0.4, -0.2) is 48.5 Å². The van der Waals surface area contributed by atoms with Gasteiger partial charge in [0.15, 0.2) is 0 Å². The maximum absolute atomic E-state index is 12.2. The summed E-state index contributed by atoms with van der Waals surface area (Å²) in [5, 5.41) is 12.9. The lowest BCUT2D eigenvalue weighted by molar-refractivity contribution is -0.149. The maximum Gasteiger partial charge on any atom is 0.547 e. The summed E-state index contributed by atoms with van der Waals surface area (Å²) in [7, 11) is -1.35. The molecule has 1 atom stereocenters. The Balaban J connectivity index is 2.00. The second kappa shape index (κ2) is 9.89. The largest absolute Gasteiger partial charge is 0.547 e. The molecular weight excluding hydrogens is 369 g/mol. The van der Waals surface area contributed by atoms with Crippen LogP contribution in [0.15, 0.2) is 18.2 Å². The molecule has 0 fully saturated rings. The number of amides is 1. The smallest absolute Gasteiger partial charge is 0.534 e. The second-order valence-corrected chi connectivity index (χ2v) is 6.42. The van der Waals surface area contributed by atoms with Crippen molar-refractivity contribution in [2.75, 3.05) is 6.79 Å². The van der Waals surface area contributed by atoms with Crippen LogP contribution in [0, 0.1) is 0 Å². The standard InChI is InChI=1S/C18H22BNO8/c1-11(21)5-3-8-16(23)20-15-9-13-6-4-7-14(17(13)28-19(15)25)18(24)27-10-26-12(2)22/h4,6-7,15,25H,3,5,8-10H2,1-2H3,(H,20,23)/t15-/m0/s1. The number of benzene rings is 1. The highest BCUT2D eigenvalue weighted by Crippen LogP contribution is 2.30. The molecule has 2 N–H and O–H groups in total. The van der Waals surface area contributed by atoms with E-state index in [2.05, 4.69) is 10.1 Å². The molecule has 0 unspecified atom stereocenters. The number of hydrogen-bond acceptors (Lipinski definition) is 8. The normalized spacial score (nSPS) is 15.1. The molecule has 2 rings (SSSR count). The number of hydrogen-bond donors (Lipinski definition) is 2. The highest BCUT2D eigenvalue weighted by atomic mass is 16.7. The first-order valence-corrected chi connectivity index (χ1v) is 8.84. The molecule has 0 spiro atoms. The first kappa shape index (κ1) is 21.4. The summed E-state index contributed by atoms with van der Waals surface area (Å²) in [6, 6.07) is 4.79. The van der Waals surface area contributed by atoms with Gasteiger partial charge < -0.3 is 29.3 Å². The van der Waals surface area contributed by atoms with Crippen molar-refractivity contribution in [2.24, 2.45) is 0 Å². The van der Waals surface area contributed by atoms with Crippen molar-refractivity contribution < 1.29 is 38.3 Å². The van der Waals surface area contributed by atoms with Crippen molar-refractivity contribution in [3.63, 3.8) is 0 Å². The third-order valence-corrected chi connectivity index (χ3v) is 4.07. The van der Waals surface area contributed by atoms with Gasteiger partial charge in [0, 0.05) is 19.8 Å².